The quantitative estimate of drug-likeness (QED) is 0.593. The molecule has 88 valence electrons. The topological polar surface area (TPSA) is 38.7 Å². The van der Waals surface area contributed by atoms with E-state index in [4.69, 9.17) is 9.47 Å². The van der Waals surface area contributed by atoms with Crippen LogP contribution in [-0.4, -0.2) is 19.0 Å². The number of aliphatic hydroxyl groups excluding tert-OH is 1. The van der Waals surface area contributed by atoms with Crippen molar-refractivity contribution in [1.29, 1.82) is 0 Å². The van der Waals surface area contributed by atoms with Gasteiger partial charge < -0.3 is 14.6 Å². The third-order valence-electron chi connectivity index (χ3n) is 2.48. The highest BCUT2D eigenvalue weighted by Gasteiger charge is 2.19. The second kappa shape index (κ2) is 6.30. The summed E-state index contributed by atoms with van der Waals surface area (Å²) in [5, 5.41) is 10.1. The van der Waals surface area contributed by atoms with E-state index < -0.39 is 6.10 Å². The molecule has 0 aliphatic heterocycles. The molecule has 0 radical (unpaired) electrons. The van der Waals surface area contributed by atoms with Crippen LogP contribution in [-0.2, 0) is 9.47 Å². The summed E-state index contributed by atoms with van der Waals surface area (Å²) in [6, 6.07) is 9.46. The molecule has 3 nitrogen and oxygen atoms in total. The molecule has 1 rings (SSSR count). The van der Waals surface area contributed by atoms with E-state index in [2.05, 4.69) is 6.58 Å². The van der Waals surface area contributed by atoms with Crippen LogP contribution in [0.5, 0.6) is 0 Å². The van der Waals surface area contributed by atoms with E-state index in [1.54, 1.807) is 7.11 Å². The first-order valence-electron chi connectivity index (χ1n) is 5.20. The molecule has 0 heterocycles. The molecule has 0 unspecified atom stereocenters. The van der Waals surface area contributed by atoms with Gasteiger partial charge in [-0.15, -0.1) is 0 Å². The average molecular weight is 222 g/mol. The van der Waals surface area contributed by atoms with E-state index in [0.29, 0.717) is 5.76 Å². The Morgan fingerprint density at radius 1 is 1.38 bits per heavy atom. The lowest BCUT2D eigenvalue weighted by atomic mass is 9.96. The molecule has 0 fully saturated rings. The predicted molar refractivity (Wildman–Crippen MR) is 62.7 cm³/mol. The van der Waals surface area contributed by atoms with Crippen LogP contribution in [0.4, 0.5) is 0 Å². The molecule has 0 saturated heterocycles. The lowest BCUT2D eigenvalue weighted by molar-refractivity contribution is -0.0164. The summed E-state index contributed by atoms with van der Waals surface area (Å²) in [7, 11) is 1.55. The van der Waals surface area contributed by atoms with Gasteiger partial charge in [-0.3, -0.25) is 0 Å². The molecule has 1 N–H and O–H groups in total. The van der Waals surface area contributed by atoms with Crippen LogP contribution in [0.25, 0.3) is 0 Å². The summed E-state index contributed by atoms with van der Waals surface area (Å²) >= 11 is 0. The lowest BCUT2D eigenvalue weighted by Gasteiger charge is -2.21. The standard InChI is InChI=1S/C13H18O3/c1-10(11(2)16-9-15-3)13(14)12-7-5-4-6-8-12/h4-8,10,13-14H,2,9H2,1,3H3/t10-,13-/m0/s1. The Bertz CT molecular complexity index is 321. The monoisotopic (exact) mass is 222 g/mol. The van der Waals surface area contributed by atoms with Crippen molar-refractivity contribution in [3.63, 3.8) is 0 Å². The van der Waals surface area contributed by atoms with Crippen molar-refractivity contribution < 1.29 is 14.6 Å². The average Bonchev–Trinajstić information content (AvgIpc) is 2.35. The van der Waals surface area contributed by atoms with E-state index in [9.17, 15) is 5.11 Å². The van der Waals surface area contributed by atoms with Crippen LogP contribution in [0, 0.1) is 5.92 Å². The largest absolute Gasteiger partial charge is 0.472 e. The van der Waals surface area contributed by atoms with Gasteiger partial charge in [0.2, 0.25) is 0 Å². The fourth-order valence-electron chi connectivity index (χ4n) is 1.38. The fraction of sp³-hybridized carbons (Fsp3) is 0.385. The van der Waals surface area contributed by atoms with Gasteiger partial charge in [0.25, 0.3) is 0 Å². The van der Waals surface area contributed by atoms with Crippen molar-refractivity contribution in [1.82, 2.24) is 0 Å². The van der Waals surface area contributed by atoms with E-state index in [0.717, 1.165) is 5.56 Å². The number of rotatable bonds is 6. The molecular formula is C13H18O3. The highest BCUT2D eigenvalue weighted by molar-refractivity contribution is 5.19. The van der Waals surface area contributed by atoms with Gasteiger partial charge in [-0.05, 0) is 5.56 Å². The molecule has 16 heavy (non-hydrogen) atoms. The van der Waals surface area contributed by atoms with E-state index >= 15 is 0 Å². The molecule has 0 bridgehead atoms. The first-order chi connectivity index (χ1) is 7.66. The van der Waals surface area contributed by atoms with Crippen LogP contribution < -0.4 is 0 Å². The number of hydrogen-bond acceptors (Lipinski definition) is 3. The van der Waals surface area contributed by atoms with Gasteiger partial charge in [-0.2, -0.15) is 0 Å². The Morgan fingerprint density at radius 3 is 2.56 bits per heavy atom. The van der Waals surface area contributed by atoms with Crippen molar-refractivity contribution in [2.45, 2.75) is 13.0 Å². The van der Waals surface area contributed by atoms with Gasteiger partial charge in [0.1, 0.15) is 0 Å². The zero-order valence-corrected chi connectivity index (χ0v) is 9.72. The number of aliphatic hydroxyl groups is 1. The maximum absolute atomic E-state index is 10.1. The van der Waals surface area contributed by atoms with Crippen molar-refractivity contribution in [2.24, 2.45) is 5.92 Å². The van der Waals surface area contributed by atoms with Crippen molar-refractivity contribution in [2.75, 3.05) is 13.9 Å². The Balaban J connectivity index is 2.60. The predicted octanol–water partition coefficient (Wildman–Crippen LogP) is 2.49. The first kappa shape index (κ1) is 12.7. The van der Waals surface area contributed by atoms with Crippen LogP contribution in [0.15, 0.2) is 42.7 Å². The normalized spacial score (nSPS) is 14.2. The third-order valence-corrected chi connectivity index (χ3v) is 2.48. The summed E-state index contributed by atoms with van der Waals surface area (Å²) in [6.45, 7) is 5.80. The Hall–Kier alpha value is -1.32. The summed E-state index contributed by atoms with van der Waals surface area (Å²) in [4.78, 5) is 0. The molecule has 0 aliphatic carbocycles. The van der Waals surface area contributed by atoms with Gasteiger partial charge in [-0.25, -0.2) is 0 Å². The zero-order chi connectivity index (χ0) is 12.0. The molecule has 0 amide bonds. The van der Waals surface area contributed by atoms with Crippen LogP contribution >= 0.6 is 0 Å². The molecule has 1 aromatic rings. The van der Waals surface area contributed by atoms with Crippen LogP contribution in [0.2, 0.25) is 0 Å². The van der Waals surface area contributed by atoms with Crippen molar-refractivity contribution in [3.05, 3.63) is 48.2 Å². The van der Waals surface area contributed by atoms with Gasteiger partial charge in [0.15, 0.2) is 6.79 Å². The molecular weight excluding hydrogens is 204 g/mol. The fourth-order valence-corrected chi connectivity index (χ4v) is 1.38. The Labute approximate surface area is 96.3 Å². The SMILES string of the molecule is C=C(OCOC)[C@H](C)[C@H](O)c1ccccc1. The summed E-state index contributed by atoms with van der Waals surface area (Å²) in [6.07, 6.45) is -0.606. The number of benzene rings is 1. The third kappa shape index (κ3) is 3.36. The lowest BCUT2D eigenvalue weighted by Crippen LogP contribution is -2.13. The molecule has 1 aromatic carbocycles. The Kier molecular flexibility index (Phi) is 5.02. The minimum absolute atomic E-state index is 0.157. The maximum Gasteiger partial charge on any atom is 0.188 e. The Morgan fingerprint density at radius 2 is 2.00 bits per heavy atom. The van der Waals surface area contributed by atoms with Gasteiger partial charge >= 0.3 is 0 Å². The summed E-state index contributed by atoms with van der Waals surface area (Å²) < 4.78 is 10.0. The van der Waals surface area contributed by atoms with E-state index in [1.165, 1.54) is 0 Å². The highest BCUT2D eigenvalue weighted by atomic mass is 16.7. The first-order valence-corrected chi connectivity index (χ1v) is 5.20. The number of methoxy groups -OCH3 is 1. The minimum atomic E-state index is -0.606. The second-order valence-electron chi connectivity index (χ2n) is 3.66. The molecule has 2 atom stereocenters. The van der Waals surface area contributed by atoms with Gasteiger partial charge in [-0.1, -0.05) is 43.8 Å². The molecule has 0 aliphatic rings. The molecule has 0 saturated carbocycles. The van der Waals surface area contributed by atoms with Gasteiger partial charge in [0, 0.05) is 13.0 Å². The van der Waals surface area contributed by atoms with Crippen molar-refractivity contribution in [3.8, 4) is 0 Å². The maximum atomic E-state index is 10.1. The van der Waals surface area contributed by atoms with Crippen molar-refractivity contribution >= 4 is 0 Å². The number of ether oxygens (including phenoxy) is 2. The van der Waals surface area contributed by atoms with Crippen LogP contribution in [0.1, 0.15) is 18.6 Å². The van der Waals surface area contributed by atoms with E-state index in [-0.39, 0.29) is 12.7 Å². The molecule has 0 spiro atoms. The molecule has 0 aromatic heterocycles. The second-order valence-corrected chi connectivity index (χ2v) is 3.66. The zero-order valence-electron chi connectivity index (χ0n) is 9.72. The summed E-state index contributed by atoms with van der Waals surface area (Å²) in [5.41, 5.74) is 0.858. The molecule has 3 heteroatoms. The smallest absolute Gasteiger partial charge is 0.188 e. The van der Waals surface area contributed by atoms with Gasteiger partial charge in [0.05, 0.1) is 11.9 Å². The highest BCUT2D eigenvalue weighted by Crippen LogP contribution is 2.26. The minimum Gasteiger partial charge on any atom is -0.472 e. The van der Waals surface area contributed by atoms with Crippen LogP contribution in [0.3, 0.4) is 0 Å². The van der Waals surface area contributed by atoms with E-state index in [1.807, 2.05) is 37.3 Å². The summed E-state index contributed by atoms with van der Waals surface area (Å²) in [5.74, 6) is 0.357. The number of hydrogen-bond donors (Lipinski definition) is 1.